The van der Waals surface area contributed by atoms with Crippen LogP contribution in [0.4, 0.5) is 0 Å². The van der Waals surface area contributed by atoms with Gasteiger partial charge in [0.2, 0.25) is 0 Å². The zero-order valence-corrected chi connectivity index (χ0v) is 7.33. The van der Waals surface area contributed by atoms with Crippen LogP contribution >= 0.6 is 0 Å². The molecule has 2 heterocycles. The molecule has 2 nitrogen and oxygen atoms in total. The zero-order chi connectivity index (χ0) is 8.39. The highest BCUT2D eigenvalue weighted by atomic mass is 14.9. The lowest BCUT2D eigenvalue weighted by atomic mass is 10.0. The van der Waals surface area contributed by atoms with Gasteiger partial charge in [-0.3, -0.25) is 4.98 Å². The largest absolute Gasteiger partial charge is 0.310 e. The van der Waals surface area contributed by atoms with E-state index in [1.165, 1.54) is 12.0 Å². The molecule has 0 saturated carbocycles. The molecule has 1 aromatic heterocycles. The van der Waals surface area contributed by atoms with Gasteiger partial charge < -0.3 is 5.32 Å². The Hall–Kier alpha value is -0.890. The second-order valence-electron chi connectivity index (χ2n) is 3.59. The topological polar surface area (TPSA) is 24.9 Å². The minimum absolute atomic E-state index is 0.536. The van der Waals surface area contributed by atoms with Crippen LogP contribution in [0, 0.1) is 5.92 Å². The molecule has 0 unspecified atom stereocenters. The Labute approximate surface area is 73.0 Å². The van der Waals surface area contributed by atoms with Crippen LogP contribution in [-0.2, 0) is 0 Å². The van der Waals surface area contributed by atoms with Gasteiger partial charge in [0.25, 0.3) is 0 Å². The average molecular weight is 162 g/mol. The van der Waals surface area contributed by atoms with Crippen molar-refractivity contribution in [1.29, 1.82) is 0 Å². The molecule has 2 atom stereocenters. The number of hydrogen-bond donors (Lipinski definition) is 1. The van der Waals surface area contributed by atoms with Crippen molar-refractivity contribution in [2.45, 2.75) is 19.4 Å². The first-order chi connectivity index (χ1) is 5.86. The average Bonchev–Trinajstić information content (AvgIpc) is 2.54. The lowest BCUT2D eigenvalue weighted by molar-refractivity contribution is 0.610. The predicted molar refractivity (Wildman–Crippen MR) is 48.8 cm³/mol. The normalized spacial score (nSPS) is 29.1. The quantitative estimate of drug-likeness (QED) is 0.680. The second kappa shape index (κ2) is 3.23. The van der Waals surface area contributed by atoms with E-state index in [1.807, 2.05) is 18.5 Å². The van der Waals surface area contributed by atoms with E-state index in [-0.39, 0.29) is 0 Å². The highest BCUT2D eigenvalue weighted by Crippen LogP contribution is 2.25. The van der Waals surface area contributed by atoms with Crippen molar-refractivity contribution >= 4 is 0 Å². The summed E-state index contributed by atoms with van der Waals surface area (Å²) in [5.41, 5.74) is 1.32. The van der Waals surface area contributed by atoms with E-state index in [9.17, 15) is 0 Å². The van der Waals surface area contributed by atoms with Gasteiger partial charge in [0.05, 0.1) is 0 Å². The minimum atomic E-state index is 0.536. The van der Waals surface area contributed by atoms with Crippen molar-refractivity contribution in [1.82, 2.24) is 10.3 Å². The van der Waals surface area contributed by atoms with Crippen LogP contribution in [-0.4, -0.2) is 11.5 Å². The lowest BCUT2D eigenvalue weighted by Crippen LogP contribution is -2.13. The van der Waals surface area contributed by atoms with Crippen LogP contribution in [0.2, 0.25) is 0 Å². The molecule has 12 heavy (non-hydrogen) atoms. The molecule has 0 spiro atoms. The van der Waals surface area contributed by atoms with Crippen LogP contribution in [0.15, 0.2) is 24.5 Å². The molecule has 1 aromatic rings. The Morgan fingerprint density at radius 3 is 3.08 bits per heavy atom. The first-order valence-corrected chi connectivity index (χ1v) is 4.49. The van der Waals surface area contributed by atoms with Gasteiger partial charge in [-0.15, -0.1) is 0 Å². The van der Waals surface area contributed by atoms with E-state index in [0.29, 0.717) is 6.04 Å². The molecular formula is C10H14N2. The molecule has 1 fully saturated rings. The molecule has 1 aliphatic heterocycles. The maximum atomic E-state index is 4.11. The van der Waals surface area contributed by atoms with Crippen molar-refractivity contribution in [3.63, 3.8) is 0 Å². The van der Waals surface area contributed by atoms with Crippen LogP contribution in [0.1, 0.15) is 24.9 Å². The number of aromatic nitrogens is 1. The summed E-state index contributed by atoms with van der Waals surface area (Å²) in [6.07, 6.45) is 5.02. The second-order valence-corrected chi connectivity index (χ2v) is 3.59. The van der Waals surface area contributed by atoms with Crippen molar-refractivity contribution in [3.8, 4) is 0 Å². The SMILES string of the molecule is C[C@H]1CN[C@@H](c2cccnc2)C1. The molecule has 1 N–H and O–H groups in total. The Kier molecular flexibility index (Phi) is 2.09. The van der Waals surface area contributed by atoms with E-state index in [4.69, 9.17) is 0 Å². The number of hydrogen-bond acceptors (Lipinski definition) is 2. The van der Waals surface area contributed by atoms with Crippen LogP contribution in [0.3, 0.4) is 0 Å². The number of rotatable bonds is 1. The zero-order valence-electron chi connectivity index (χ0n) is 7.33. The third kappa shape index (κ3) is 1.48. The van der Waals surface area contributed by atoms with Crippen LogP contribution in [0.5, 0.6) is 0 Å². The Balaban J connectivity index is 2.11. The molecule has 0 amide bonds. The molecular weight excluding hydrogens is 148 g/mol. The smallest absolute Gasteiger partial charge is 0.0338 e. The third-order valence-corrected chi connectivity index (χ3v) is 2.44. The summed E-state index contributed by atoms with van der Waals surface area (Å²) in [5.74, 6) is 0.801. The van der Waals surface area contributed by atoms with E-state index < -0.39 is 0 Å². The molecule has 0 aliphatic carbocycles. The Morgan fingerprint density at radius 2 is 2.50 bits per heavy atom. The molecule has 2 heteroatoms. The first-order valence-electron chi connectivity index (χ1n) is 4.49. The maximum Gasteiger partial charge on any atom is 0.0338 e. The van der Waals surface area contributed by atoms with E-state index in [1.54, 1.807) is 0 Å². The first kappa shape index (κ1) is 7.74. The maximum absolute atomic E-state index is 4.11. The number of nitrogens with zero attached hydrogens (tertiary/aromatic N) is 1. The summed E-state index contributed by atoms with van der Waals surface area (Å²) in [7, 11) is 0. The highest BCUT2D eigenvalue weighted by Gasteiger charge is 2.21. The number of pyridine rings is 1. The molecule has 0 aromatic carbocycles. The monoisotopic (exact) mass is 162 g/mol. The fourth-order valence-electron chi connectivity index (χ4n) is 1.75. The molecule has 0 radical (unpaired) electrons. The summed E-state index contributed by atoms with van der Waals surface area (Å²) in [6, 6.07) is 4.68. The van der Waals surface area contributed by atoms with Crippen LogP contribution in [0.25, 0.3) is 0 Å². The summed E-state index contributed by atoms with van der Waals surface area (Å²) >= 11 is 0. The van der Waals surface area contributed by atoms with Gasteiger partial charge in [-0.25, -0.2) is 0 Å². The van der Waals surface area contributed by atoms with Crippen molar-refractivity contribution < 1.29 is 0 Å². The number of nitrogens with one attached hydrogen (secondary N) is 1. The molecule has 1 aliphatic rings. The van der Waals surface area contributed by atoms with E-state index >= 15 is 0 Å². The van der Waals surface area contributed by atoms with Gasteiger partial charge in [0.15, 0.2) is 0 Å². The van der Waals surface area contributed by atoms with Gasteiger partial charge in [-0.1, -0.05) is 13.0 Å². The molecule has 2 rings (SSSR count). The van der Waals surface area contributed by atoms with Gasteiger partial charge in [-0.05, 0) is 30.5 Å². The lowest BCUT2D eigenvalue weighted by Gasteiger charge is -2.08. The van der Waals surface area contributed by atoms with E-state index in [2.05, 4.69) is 23.3 Å². The van der Waals surface area contributed by atoms with Gasteiger partial charge in [-0.2, -0.15) is 0 Å². The molecule has 1 saturated heterocycles. The highest BCUT2D eigenvalue weighted by molar-refractivity contribution is 5.15. The van der Waals surface area contributed by atoms with Crippen molar-refractivity contribution in [2.75, 3.05) is 6.54 Å². The van der Waals surface area contributed by atoms with Crippen molar-refractivity contribution in [3.05, 3.63) is 30.1 Å². The predicted octanol–water partition coefficient (Wildman–Crippen LogP) is 1.75. The van der Waals surface area contributed by atoms with Crippen molar-refractivity contribution in [2.24, 2.45) is 5.92 Å². The van der Waals surface area contributed by atoms with Crippen LogP contribution < -0.4 is 5.32 Å². The van der Waals surface area contributed by atoms with E-state index in [0.717, 1.165) is 12.5 Å². The van der Waals surface area contributed by atoms with Gasteiger partial charge >= 0.3 is 0 Å². The summed E-state index contributed by atoms with van der Waals surface area (Å²) in [4.78, 5) is 4.11. The van der Waals surface area contributed by atoms with Gasteiger partial charge in [0, 0.05) is 18.4 Å². The fourth-order valence-corrected chi connectivity index (χ4v) is 1.75. The Morgan fingerprint density at radius 1 is 1.58 bits per heavy atom. The summed E-state index contributed by atoms with van der Waals surface area (Å²) < 4.78 is 0. The summed E-state index contributed by atoms with van der Waals surface area (Å²) in [5, 5.41) is 3.48. The minimum Gasteiger partial charge on any atom is -0.310 e. The summed E-state index contributed by atoms with van der Waals surface area (Å²) in [6.45, 7) is 3.42. The molecule has 64 valence electrons. The molecule has 0 bridgehead atoms. The standard InChI is InChI=1S/C10H14N2/c1-8-5-10(12-6-8)9-3-2-4-11-7-9/h2-4,7-8,10,12H,5-6H2,1H3/t8-,10-/m1/s1. The van der Waals surface area contributed by atoms with Gasteiger partial charge in [0.1, 0.15) is 0 Å². The third-order valence-electron chi connectivity index (χ3n) is 2.44. The Bertz CT molecular complexity index is 245. The fraction of sp³-hybridized carbons (Fsp3) is 0.500.